The van der Waals surface area contributed by atoms with E-state index in [2.05, 4.69) is 94.3 Å². The largest absolute Gasteiger partial charge is 0.413 e. The van der Waals surface area contributed by atoms with Gasteiger partial charge in [0, 0.05) is 17.8 Å². The topological polar surface area (TPSA) is 22.1 Å². The molecule has 134 valence electrons. The third-order valence-electron chi connectivity index (χ3n) is 5.10. The Morgan fingerprint density at radius 2 is 1.76 bits per heavy atom. The second kappa shape index (κ2) is 8.11. The van der Waals surface area contributed by atoms with Crippen LogP contribution in [0.15, 0.2) is 54.7 Å². The monoisotopic (exact) mass is 353 g/mol. The van der Waals surface area contributed by atoms with Crippen LogP contribution in [0, 0.1) is 0 Å². The third kappa shape index (κ3) is 5.65. The highest BCUT2D eigenvalue weighted by molar-refractivity contribution is 6.74. The first kappa shape index (κ1) is 19.6. The molecule has 2 aromatic rings. The fourth-order valence-corrected chi connectivity index (χ4v) is 3.15. The molecule has 0 bridgehead atoms. The van der Waals surface area contributed by atoms with Gasteiger partial charge >= 0.3 is 0 Å². The zero-order chi connectivity index (χ0) is 18.5. The summed E-state index contributed by atoms with van der Waals surface area (Å²) in [4.78, 5) is 4.64. The summed E-state index contributed by atoms with van der Waals surface area (Å²) in [6.07, 6.45) is 6.31. The lowest BCUT2D eigenvalue weighted by atomic mass is 10.0. The van der Waals surface area contributed by atoms with E-state index in [1.165, 1.54) is 5.56 Å². The van der Waals surface area contributed by atoms with Gasteiger partial charge in [-0.2, -0.15) is 0 Å². The summed E-state index contributed by atoms with van der Waals surface area (Å²) in [5, 5.41) is 0.233. The van der Waals surface area contributed by atoms with Gasteiger partial charge in [0.1, 0.15) is 0 Å². The van der Waals surface area contributed by atoms with Crippen LogP contribution in [0.4, 0.5) is 0 Å². The molecule has 25 heavy (non-hydrogen) atoms. The van der Waals surface area contributed by atoms with E-state index in [0.29, 0.717) is 6.61 Å². The van der Waals surface area contributed by atoms with Gasteiger partial charge in [0.2, 0.25) is 0 Å². The molecule has 0 aliphatic rings. The van der Waals surface area contributed by atoms with Crippen molar-refractivity contribution in [2.75, 3.05) is 0 Å². The van der Waals surface area contributed by atoms with Crippen LogP contribution in [0.5, 0.6) is 0 Å². The van der Waals surface area contributed by atoms with Gasteiger partial charge in [-0.3, -0.25) is 4.98 Å². The Hall–Kier alpha value is -1.71. The number of pyridine rings is 1. The van der Waals surface area contributed by atoms with Crippen LogP contribution in [-0.4, -0.2) is 13.3 Å². The Bertz CT molecular complexity index is 684. The summed E-state index contributed by atoms with van der Waals surface area (Å²) < 4.78 is 6.27. The van der Waals surface area contributed by atoms with Crippen molar-refractivity contribution < 1.29 is 4.43 Å². The lowest BCUT2D eigenvalue weighted by molar-refractivity contribution is 0.276. The van der Waals surface area contributed by atoms with Crippen molar-refractivity contribution in [1.82, 2.24) is 4.98 Å². The molecule has 1 aromatic carbocycles. The quantitative estimate of drug-likeness (QED) is 0.559. The molecule has 0 saturated carbocycles. The molecule has 1 unspecified atom stereocenters. The molecule has 0 fully saturated rings. The maximum atomic E-state index is 6.27. The Balaban J connectivity index is 1.96. The highest BCUT2D eigenvalue weighted by atomic mass is 28.4. The first-order chi connectivity index (χ1) is 11.7. The van der Waals surface area contributed by atoms with Crippen molar-refractivity contribution in [2.45, 2.75) is 58.4 Å². The number of rotatable bonds is 6. The zero-order valence-electron chi connectivity index (χ0n) is 16.4. The van der Waals surface area contributed by atoms with E-state index < -0.39 is 8.32 Å². The van der Waals surface area contributed by atoms with Crippen molar-refractivity contribution in [1.29, 1.82) is 0 Å². The molecule has 1 heterocycles. The maximum absolute atomic E-state index is 6.27. The predicted molar refractivity (Wildman–Crippen MR) is 110 cm³/mol. The number of hydrogen-bond donors (Lipinski definition) is 0. The minimum atomic E-state index is -1.71. The van der Waals surface area contributed by atoms with Gasteiger partial charge in [-0.25, -0.2) is 0 Å². The lowest BCUT2D eigenvalue weighted by Crippen LogP contribution is -2.40. The van der Waals surface area contributed by atoms with E-state index in [1.807, 2.05) is 12.3 Å². The van der Waals surface area contributed by atoms with Crippen LogP contribution in [0.2, 0.25) is 18.1 Å². The zero-order valence-corrected chi connectivity index (χ0v) is 17.4. The minimum Gasteiger partial charge on any atom is -0.413 e. The Morgan fingerprint density at radius 3 is 2.32 bits per heavy atom. The van der Waals surface area contributed by atoms with Crippen molar-refractivity contribution in [2.24, 2.45) is 0 Å². The van der Waals surface area contributed by atoms with E-state index in [0.717, 1.165) is 11.3 Å². The average molecular weight is 354 g/mol. The molecule has 1 atom stereocenters. The van der Waals surface area contributed by atoms with Crippen molar-refractivity contribution in [3.8, 4) is 0 Å². The molecule has 0 radical (unpaired) electrons. The molecule has 2 nitrogen and oxygen atoms in total. The molecule has 0 amide bonds. The van der Waals surface area contributed by atoms with Crippen LogP contribution in [0.3, 0.4) is 0 Å². The van der Waals surface area contributed by atoms with Crippen molar-refractivity contribution in [3.63, 3.8) is 0 Å². The highest BCUT2D eigenvalue weighted by Gasteiger charge is 2.36. The average Bonchev–Trinajstić information content (AvgIpc) is 2.58. The Labute approximate surface area is 154 Å². The number of nitrogens with zero attached hydrogens (tertiary/aromatic N) is 1. The molecule has 0 aliphatic carbocycles. The minimum absolute atomic E-state index is 0.233. The molecule has 0 aliphatic heterocycles. The molecule has 2 rings (SSSR count). The summed E-state index contributed by atoms with van der Waals surface area (Å²) in [6.45, 7) is 14.2. The Morgan fingerprint density at radius 1 is 1.08 bits per heavy atom. The van der Waals surface area contributed by atoms with Gasteiger partial charge in [0.05, 0.1) is 6.61 Å². The fraction of sp³-hybridized carbons (Fsp3) is 0.409. The number of hydrogen-bond acceptors (Lipinski definition) is 2. The first-order valence-electron chi connectivity index (χ1n) is 9.01. The predicted octanol–water partition coefficient (Wildman–Crippen LogP) is 6.42. The second-order valence-corrected chi connectivity index (χ2v) is 13.0. The first-order valence-corrected chi connectivity index (χ1v) is 11.9. The van der Waals surface area contributed by atoms with E-state index in [9.17, 15) is 0 Å². The molecular formula is C22H31NOSi. The third-order valence-corrected chi connectivity index (χ3v) is 9.58. The van der Waals surface area contributed by atoms with E-state index in [-0.39, 0.29) is 11.0 Å². The van der Waals surface area contributed by atoms with Crippen LogP contribution in [0.1, 0.15) is 50.4 Å². The molecule has 3 heteroatoms. The van der Waals surface area contributed by atoms with E-state index in [1.54, 1.807) is 0 Å². The number of benzene rings is 1. The van der Waals surface area contributed by atoms with Crippen LogP contribution in [0.25, 0.3) is 6.08 Å². The SMILES string of the molecule is CC(C=Cc1ccccc1)c1ccc(CO[Si](C)(C)C(C)(C)C)cn1. The summed E-state index contributed by atoms with van der Waals surface area (Å²) in [5.41, 5.74) is 3.45. The van der Waals surface area contributed by atoms with Gasteiger partial charge < -0.3 is 4.43 Å². The van der Waals surface area contributed by atoms with Crippen LogP contribution in [-0.2, 0) is 11.0 Å². The smallest absolute Gasteiger partial charge is 0.192 e. The van der Waals surface area contributed by atoms with E-state index >= 15 is 0 Å². The molecule has 0 N–H and O–H groups in total. The van der Waals surface area contributed by atoms with Gasteiger partial charge in [-0.1, -0.05) is 76.2 Å². The van der Waals surface area contributed by atoms with Crippen LogP contribution >= 0.6 is 0 Å². The number of aromatic nitrogens is 1. The maximum Gasteiger partial charge on any atom is 0.192 e. The van der Waals surface area contributed by atoms with Crippen molar-refractivity contribution in [3.05, 3.63) is 71.6 Å². The summed E-state index contributed by atoms with van der Waals surface area (Å²) in [7, 11) is -1.71. The summed E-state index contributed by atoms with van der Waals surface area (Å²) in [5.74, 6) is 0.288. The summed E-state index contributed by atoms with van der Waals surface area (Å²) >= 11 is 0. The molecule has 1 aromatic heterocycles. The van der Waals surface area contributed by atoms with E-state index in [4.69, 9.17) is 4.43 Å². The Kier molecular flexibility index (Phi) is 6.36. The number of allylic oxidation sites excluding steroid dienone is 1. The van der Waals surface area contributed by atoms with Gasteiger partial charge in [0.25, 0.3) is 0 Å². The molecule has 0 saturated heterocycles. The fourth-order valence-electron chi connectivity index (χ4n) is 2.19. The van der Waals surface area contributed by atoms with Gasteiger partial charge in [-0.05, 0) is 35.3 Å². The summed E-state index contributed by atoms with van der Waals surface area (Å²) in [6, 6.07) is 14.6. The molecular weight excluding hydrogens is 322 g/mol. The lowest BCUT2D eigenvalue weighted by Gasteiger charge is -2.36. The van der Waals surface area contributed by atoms with Gasteiger partial charge in [0.15, 0.2) is 8.32 Å². The van der Waals surface area contributed by atoms with Crippen molar-refractivity contribution >= 4 is 14.4 Å². The second-order valence-electron chi connectivity index (χ2n) is 8.20. The highest BCUT2D eigenvalue weighted by Crippen LogP contribution is 2.37. The normalized spacial score (nSPS) is 14.0. The standard InChI is InChI=1S/C22H31NOSi/c1-18(12-13-19-10-8-7-9-11-19)21-15-14-20(16-23-21)17-24-25(5,6)22(2,3)4/h7-16,18H,17H2,1-6H3. The van der Waals surface area contributed by atoms with Gasteiger partial charge in [-0.15, -0.1) is 0 Å². The van der Waals surface area contributed by atoms with Crippen LogP contribution < -0.4 is 0 Å². The molecule has 0 spiro atoms.